The highest BCUT2D eigenvalue weighted by Gasteiger charge is 2.17. The Morgan fingerprint density at radius 1 is 1.29 bits per heavy atom. The van der Waals surface area contributed by atoms with E-state index in [9.17, 15) is 4.79 Å². The smallest absolute Gasteiger partial charge is 0.224 e. The third-order valence-corrected chi connectivity index (χ3v) is 3.87. The van der Waals surface area contributed by atoms with Gasteiger partial charge in [0.05, 0.1) is 0 Å². The summed E-state index contributed by atoms with van der Waals surface area (Å²) >= 11 is 0. The van der Waals surface area contributed by atoms with Gasteiger partial charge in [0, 0.05) is 17.7 Å². The molecule has 2 N–H and O–H groups in total. The highest BCUT2D eigenvalue weighted by atomic mass is 16.2. The Labute approximate surface area is 126 Å². The number of amides is 1. The fourth-order valence-electron chi connectivity index (χ4n) is 2.93. The second-order valence-corrected chi connectivity index (χ2v) is 5.80. The van der Waals surface area contributed by atoms with Gasteiger partial charge in [-0.2, -0.15) is 0 Å². The molecule has 2 rings (SSSR count). The lowest BCUT2D eigenvalue weighted by Crippen LogP contribution is -2.18. The third-order valence-electron chi connectivity index (χ3n) is 3.87. The van der Waals surface area contributed by atoms with Crippen LogP contribution in [0.5, 0.6) is 0 Å². The Kier molecular flexibility index (Phi) is 5.83. The van der Waals surface area contributed by atoms with Crippen LogP contribution in [0.2, 0.25) is 0 Å². The maximum atomic E-state index is 12.1. The molecule has 3 heteroatoms. The first-order valence-corrected chi connectivity index (χ1v) is 7.68. The number of benzene rings is 1. The van der Waals surface area contributed by atoms with E-state index in [0.717, 1.165) is 16.8 Å². The average molecular weight is 285 g/mol. The van der Waals surface area contributed by atoms with Crippen molar-refractivity contribution in [2.75, 3.05) is 11.9 Å². The molecule has 1 aromatic carbocycles. The molecule has 112 valence electrons. The molecule has 0 heterocycles. The number of nitrogens with one attached hydrogen (secondary N) is 1. The molecule has 21 heavy (non-hydrogen) atoms. The highest BCUT2D eigenvalue weighted by Crippen LogP contribution is 2.26. The van der Waals surface area contributed by atoms with Crippen LogP contribution in [0.4, 0.5) is 5.69 Å². The summed E-state index contributed by atoms with van der Waals surface area (Å²) in [5, 5.41) is 11.7. The molecule has 1 fully saturated rings. The first-order chi connectivity index (χ1) is 10.2. The summed E-state index contributed by atoms with van der Waals surface area (Å²) in [4.78, 5) is 12.1. The number of hydrogen-bond donors (Lipinski definition) is 2. The molecule has 0 spiro atoms. The number of hydrogen-bond acceptors (Lipinski definition) is 2. The summed E-state index contributed by atoms with van der Waals surface area (Å²) in [6.07, 6.45) is 6.78. The van der Waals surface area contributed by atoms with Crippen molar-refractivity contribution in [1.82, 2.24) is 0 Å². The van der Waals surface area contributed by atoms with Crippen LogP contribution in [-0.4, -0.2) is 17.6 Å². The fourth-order valence-corrected chi connectivity index (χ4v) is 2.93. The number of aliphatic hydroxyl groups is 1. The van der Waals surface area contributed by atoms with E-state index in [4.69, 9.17) is 5.11 Å². The summed E-state index contributed by atoms with van der Waals surface area (Å²) in [7, 11) is 0. The maximum absolute atomic E-state index is 12.1. The summed E-state index contributed by atoms with van der Waals surface area (Å²) in [6.45, 7) is 1.82. The number of aliphatic hydroxyl groups excluding tert-OH is 1. The van der Waals surface area contributed by atoms with Gasteiger partial charge in [0.2, 0.25) is 5.91 Å². The van der Waals surface area contributed by atoms with Gasteiger partial charge in [-0.25, -0.2) is 0 Å². The molecule has 0 radical (unpaired) electrons. The minimum Gasteiger partial charge on any atom is -0.384 e. The molecule has 0 aromatic heterocycles. The topological polar surface area (TPSA) is 49.3 Å². The highest BCUT2D eigenvalue weighted by molar-refractivity contribution is 5.91. The quantitative estimate of drug-likeness (QED) is 0.838. The van der Waals surface area contributed by atoms with Crippen molar-refractivity contribution >= 4 is 11.6 Å². The predicted octanol–water partition coefficient (Wildman–Crippen LogP) is 3.25. The van der Waals surface area contributed by atoms with E-state index in [2.05, 4.69) is 17.2 Å². The second kappa shape index (κ2) is 7.85. The average Bonchev–Trinajstić information content (AvgIpc) is 2.45. The monoisotopic (exact) mass is 285 g/mol. The molecule has 0 saturated heterocycles. The third kappa shape index (κ3) is 5.24. The van der Waals surface area contributed by atoms with E-state index in [-0.39, 0.29) is 12.5 Å². The summed E-state index contributed by atoms with van der Waals surface area (Å²) in [6, 6.07) is 5.75. The van der Waals surface area contributed by atoms with Gasteiger partial charge in [-0.05, 0) is 49.4 Å². The van der Waals surface area contributed by atoms with Crippen LogP contribution in [0.25, 0.3) is 0 Å². The van der Waals surface area contributed by atoms with Crippen molar-refractivity contribution in [3.8, 4) is 11.8 Å². The lowest BCUT2D eigenvalue weighted by molar-refractivity contribution is -0.117. The molecule has 0 unspecified atom stereocenters. The standard InChI is InChI=1S/C18H23NO2/c1-14-10-16(8-5-9-20)12-17(11-14)19-18(21)13-15-6-3-2-4-7-15/h10-12,15,20H,2-4,6-7,9,13H2,1H3,(H,19,21). The van der Waals surface area contributed by atoms with Gasteiger partial charge in [-0.1, -0.05) is 31.1 Å². The van der Waals surface area contributed by atoms with E-state index in [0.29, 0.717) is 12.3 Å². The summed E-state index contributed by atoms with van der Waals surface area (Å²) < 4.78 is 0. The van der Waals surface area contributed by atoms with E-state index in [1.165, 1.54) is 32.1 Å². The van der Waals surface area contributed by atoms with Gasteiger partial charge in [-0.15, -0.1) is 0 Å². The predicted molar refractivity (Wildman–Crippen MR) is 85.0 cm³/mol. The number of carbonyl (C=O) groups excluding carboxylic acids is 1. The minimum atomic E-state index is -0.155. The molecule has 0 bridgehead atoms. The number of aryl methyl sites for hydroxylation is 1. The van der Waals surface area contributed by atoms with Crippen LogP contribution in [0.1, 0.15) is 49.7 Å². The SMILES string of the molecule is Cc1cc(C#CCO)cc(NC(=O)CC2CCCCC2)c1. The van der Waals surface area contributed by atoms with Crippen molar-refractivity contribution in [2.24, 2.45) is 5.92 Å². The first-order valence-electron chi connectivity index (χ1n) is 7.68. The second-order valence-electron chi connectivity index (χ2n) is 5.80. The van der Waals surface area contributed by atoms with Crippen molar-refractivity contribution < 1.29 is 9.90 Å². The van der Waals surface area contributed by atoms with Crippen LogP contribution in [0.15, 0.2) is 18.2 Å². The Morgan fingerprint density at radius 3 is 2.76 bits per heavy atom. The zero-order valence-corrected chi connectivity index (χ0v) is 12.6. The largest absolute Gasteiger partial charge is 0.384 e. The number of anilines is 1. The fraction of sp³-hybridized carbons (Fsp3) is 0.500. The molecule has 1 aliphatic carbocycles. The number of carbonyl (C=O) groups is 1. The molecular formula is C18H23NO2. The van der Waals surface area contributed by atoms with Crippen molar-refractivity contribution in [3.63, 3.8) is 0 Å². The van der Waals surface area contributed by atoms with Gasteiger partial charge >= 0.3 is 0 Å². The normalized spacial score (nSPS) is 15.1. The van der Waals surface area contributed by atoms with E-state index < -0.39 is 0 Å². The van der Waals surface area contributed by atoms with Crippen molar-refractivity contribution in [3.05, 3.63) is 29.3 Å². The van der Waals surface area contributed by atoms with Crippen LogP contribution in [0.3, 0.4) is 0 Å². The van der Waals surface area contributed by atoms with Gasteiger partial charge in [0.15, 0.2) is 0 Å². The molecule has 3 nitrogen and oxygen atoms in total. The van der Waals surface area contributed by atoms with Crippen LogP contribution in [-0.2, 0) is 4.79 Å². The van der Waals surface area contributed by atoms with E-state index in [1.54, 1.807) is 0 Å². The van der Waals surface area contributed by atoms with Crippen molar-refractivity contribution in [1.29, 1.82) is 0 Å². The lowest BCUT2D eigenvalue weighted by Gasteiger charge is -2.20. The molecule has 1 aliphatic rings. The van der Waals surface area contributed by atoms with Gasteiger partial charge in [0.25, 0.3) is 0 Å². The van der Waals surface area contributed by atoms with Crippen LogP contribution < -0.4 is 5.32 Å². The Bertz CT molecular complexity index is 548. The van der Waals surface area contributed by atoms with Crippen LogP contribution >= 0.6 is 0 Å². The summed E-state index contributed by atoms with van der Waals surface area (Å²) in [5.74, 6) is 6.14. The Balaban J connectivity index is 1.97. The maximum Gasteiger partial charge on any atom is 0.224 e. The Morgan fingerprint density at radius 2 is 2.05 bits per heavy atom. The molecule has 1 saturated carbocycles. The molecule has 0 atom stereocenters. The first kappa shape index (κ1) is 15.6. The van der Waals surface area contributed by atoms with Gasteiger partial charge in [-0.3, -0.25) is 4.79 Å². The molecule has 1 aromatic rings. The zero-order valence-electron chi connectivity index (χ0n) is 12.6. The Hall–Kier alpha value is -1.79. The summed E-state index contributed by atoms with van der Waals surface area (Å²) in [5.41, 5.74) is 2.66. The van der Waals surface area contributed by atoms with E-state index in [1.807, 2.05) is 25.1 Å². The van der Waals surface area contributed by atoms with Gasteiger partial charge < -0.3 is 10.4 Å². The molecular weight excluding hydrogens is 262 g/mol. The van der Waals surface area contributed by atoms with E-state index >= 15 is 0 Å². The minimum absolute atomic E-state index is 0.0913. The van der Waals surface area contributed by atoms with Crippen LogP contribution in [0, 0.1) is 24.7 Å². The number of rotatable bonds is 3. The molecule has 1 amide bonds. The molecule has 0 aliphatic heterocycles. The van der Waals surface area contributed by atoms with Crippen molar-refractivity contribution in [2.45, 2.75) is 45.4 Å². The van der Waals surface area contributed by atoms with Gasteiger partial charge in [0.1, 0.15) is 6.61 Å². The zero-order chi connectivity index (χ0) is 15.1. The lowest BCUT2D eigenvalue weighted by atomic mass is 9.87.